The van der Waals surface area contributed by atoms with E-state index in [0.29, 0.717) is 22.4 Å². The van der Waals surface area contributed by atoms with Crippen molar-refractivity contribution in [2.75, 3.05) is 0 Å². The lowest BCUT2D eigenvalue weighted by atomic mass is 10.1. The minimum Gasteiger partial charge on any atom is -0.444 e. The van der Waals surface area contributed by atoms with Gasteiger partial charge in [-0.05, 0) is 31.2 Å². The molecule has 3 aromatic rings. The number of sulfonamides is 1. The van der Waals surface area contributed by atoms with E-state index in [1.807, 2.05) is 30.3 Å². The summed E-state index contributed by atoms with van der Waals surface area (Å²) in [6.45, 7) is 1.77. The zero-order valence-electron chi connectivity index (χ0n) is 12.9. The Morgan fingerprint density at radius 3 is 2.42 bits per heavy atom. The summed E-state index contributed by atoms with van der Waals surface area (Å²) >= 11 is 5.77. The van der Waals surface area contributed by atoms with Crippen LogP contribution in [-0.2, 0) is 16.6 Å². The Hall–Kier alpha value is -2.15. The summed E-state index contributed by atoms with van der Waals surface area (Å²) in [5, 5.41) is 0.477. The van der Waals surface area contributed by atoms with Crippen LogP contribution in [0.5, 0.6) is 0 Å². The first-order valence-corrected chi connectivity index (χ1v) is 9.09. The minimum atomic E-state index is -3.65. The summed E-state index contributed by atoms with van der Waals surface area (Å²) in [6, 6.07) is 15.5. The van der Waals surface area contributed by atoms with Gasteiger partial charge in [0, 0.05) is 10.6 Å². The van der Waals surface area contributed by atoms with Gasteiger partial charge in [-0.1, -0.05) is 41.9 Å². The van der Waals surface area contributed by atoms with Crippen molar-refractivity contribution in [2.24, 2.45) is 0 Å². The fraction of sp³-hybridized carbons (Fsp3) is 0.118. The SMILES string of the molecule is Cc1oc(CNS(=O)(=O)c2ccc(Cl)cc2)nc1-c1ccccc1. The number of nitrogens with zero attached hydrogens (tertiary/aromatic N) is 1. The Morgan fingerprint density at radius 2 is 1.75 bits per heavy atom. The maximum absolute atomic E-state index is 12.3. The van der Waals surface area contributed by atoms with Gasteiger partial charge in [0.05, 0.1) is 11.4 Å². The van der Waals surface area contributed by atoms with Crippen molar-refractivity contribution in [2.45, 2.75) is 18.4 Å². The fourth-order valence-corrected chi connectivity index (χ4v) is 3.35. The average Bonchev–Trinajstić information content (AvgIpc) is 2.95. The summed E-state index contributed by atoms with van der Waals surface area (Å²) in [7, 11) is -3.65. The smallest absolute Gasteiger partial charge is 0.241 e. The number of aryl methyl sites for hydroxylation is 1. The Labute approximate surface area is 145 Å². The number of aromatic nitrogens is 1. The molecule has 24 heavy (non-hydrogen) atoms. The van der Waals surface area contributed by atoms with E-state index in [1.54, 1.807) is 6.92 Å². The van der Waals surface area contributed by atoms with Crippen LogP contribution in [0.25, 0.3) is 11.3 Å². The number of oxazole rings is 1. The molecule has 0 aliphatic carbocycles. The van der Waals surface area contributed by atoms with Gasteiger partial charge < -0.3 is 4.42 Å². The van der Waals surface area contributed by atoms with Gasteiger partial charge >= 0.3 is 0 Å². The zero-order chi connectivity index (χ0) is 17.2. The largest absolute Gasteiger partial charge is 0.444 e. The van der Waals surface area contributed by atoms with Gasteiger partial charge in [0.15, 0.2) is 0 Å². The molecule has 0 bridgehead atoms. The number of halogens is 1. The highest BCUT2D eigenvalue weighted by atomic mass is 35.5. The third-order valence-electron chi connectivity index (χ3n) is 3.43. The minimum absolute atomic E-state index is 0.0291. The standard InChI is InChI=1S/C17H15ClN2O3S/c1-12-17(13-5-3-2-4-6-13)20-16(23-12)11-19-24(21,22)15-9-7-14(18)8-10-15/h2-10,19H,11H2,1H3. The van der Waals surface area contributed by atoms with E-state index in [1.165, 1.54) is 24.3 Å². The molecule has 1 aromatic heterocycles. The first-order chi connectivity index (χ1) is 11.5. The maximum Gasteiger partial charge on any atom is 0.241 e. The summed E-state index contributed by atoms with van der Waals surface area (Å²) < 4.78 is 32.5. The van der Waals surface area contributed by atoms with E-state index < -0.39 is 10.0 Å². The van der Waals surface area contributed by atoms with Crippen molar-refractivity contribution >= 4 is 21.6 Å². The molecule has 0 unspecified atom stereocenters. The Bertz CT molecular complexity index is 936. The molecular formula is C17H15ClN2O3S. The second-order valence-electron chi connectivity index (χ2n) is 5.16. The number of nitrogens with one attached hydrogen (secondary N) is 1. The van der Waals surface area contributed by atoms with Crippen LogP contribution in [0.1, 0.15) is 11.7 Å². The Kier molecular flexibility index (Phi) is 4.71. The number of rotatable bonds is 5. The highest BCUT2D eigenvalue weighted by Crippen LogP contribution is 2.23. The molecule has 5 nitrogen and oxygen atoms in total. The molecule has 0 aliphatic rings. The molecule has 3 rings (SSSR count). The fourth-order valence-electron chi connectivity index (χ4n) is 2.24. The van der Waals surface area contributed by atoms with Crippen LogP contribution >= 0.6 is 11.6 Å². The first kappa shape index (κ1) is 16.7. The van der Waals surface area contributed by atoms with Crippen LogP contribution in [0, 0.1) is 6.92 Å². The van der Waals surface area contributed by atoms with Gasteiger partial charge in [-0.2, -0.15) is 0 Å². The second kappa shape index (κ2) is 6.76. The highest BCUT2D eigenvalue weighted by Gasteiger charge is 2.17. The van der Waals surface area contributed by atoms with E-state index in [4.69, 9.17) is 16.0 Å². The maximum atomic E-state index is 12.3. The van der Waals surface area contributed by atoms with Crippen LogP contribution in [0.2, 0.25) is 5.02 Å². The van der Waals surface area contributed by atoms with Crippen LogP contribution < -0.4 is 4.72 Å². The summed E-state index contributed by atoms with van der Waals surface area (Å²) in [5.74, 6) is 0.950. The van der Waals surface area contributed by atoms with Crippen LogP contribution in [0.15, 0.2) is 63.9 Å². The molecule has 124 valence electrons. The van der Waals surface area contributed by atoms with E-state index >= 15 is 0 Å². The van der Waals surface area contributed by atoms with E-state index in [-0.39, 0.29) is 11.4 Å². The molecule has 7 heteroatoms. The lowest BCUT2D eigenvalue weighted by molar-refractivity contribution is 0.463. The molecule has 1 heterocycles. The molecule has 1 N–H and O–H groups in total. The van der Waals surface area contributed by atoms with Gasteiger partial charge in [0.1, 0.15) is 11.5 Å². The van der Waals surface area contributed by atoms with Crippen molar-refractivity contribution in [3.05, 3.63) is 71.3 Å². The molecule has 0 fully saturated rings. The number of hydrogen-bond donors (Lipinski definition) is 1. The van der Waals surface area contributed by atoms with Crippen molar-refractivity contribution < 1.29 is 12.8 Å². The summed E-state index contributed by atoms with van der Waals surface area (Å²) in [6.07, 6.45) is 0. The Morgan fingerprint density at radius 1 is 1.08 bits per heavy atom. The van der Waals surface area contributed by atoms with Gasteiger partial charge in [-0.15, -0.1) is 0 Å². The quantitative estimate of drug-likeness (QED) is 0.749. The van der Waals surface area contributed by atoms with Crippen molar-refractivity contribution in [1.29, 1.82) is 0 Å². The molecule has 0 spiro atoms. The summed E-state index contributed by atoms with van der Waals surface area (Å²) in [5.41, 5.74) is 1.63. The predicted molar refractivity (Wildman–Crippen MR) is 92.2 cm³/mol. The molecular weight excluding hydrogens is 348 g/mol. The topological polar surface area (TPSA) is 72.2 Å². The molecule has 0 saturated heterocycles. The van der Waals surface area contributed by atoms with Crippen molar-refractivity contribution in [3.8, 4) is 11.3 Å². The van der Waals surface area contributed by atoms with E-state index in [2.05, 4.69) is 9.71 Å². The number of benzene rings is 2. The lowest BCUT2D eigenvalue weighted by Gasteiger charge is -2.04. The predicted octanol–water partition coefficient (Wildman–Crippen LogP) is 3.78. The van der Waals surface area contributed by atoms with Crippen LogP contribution in [0.4, 0.5) is 0 Å². The van der Waals surface area contributed by atoms with Gasteiger partial charge in [0.25, 0.3) is 0 Å². The second-order valence-corrected chi connectivity index (χ2v) is 7.36. The third kappa shape index (κ3) is 3.67. The van der Waals surface area contributed by atoms with Crippen molar-refractivity contribution in [3.63, 3.8) is 0 Å². The van der Waals surface area contributed by atoms with Crippen molar-refractivity contribution in [1.82, 2.24) is 9.71 Å². The normalized spacial score (nSPS) is 11.6. The molecule has 0 radical (unpaired) electrons. The molecule has 0 atom stereocenters. The van der Waals surface area contributed by atoms with Gasteiger partial charge in [-0.25, -0.2) is 18.1 Å². The van der Waals surface area contributed by atoms with Gasteiger partial charge in [-0.3, -0.25) is 0 Å². The highest BCUT2D eigenvalue weighted by molar-refractivity contribution is 7.89. The van der Waals surface area contributed by atoms with E-state index in [0.717, 1.165) is 5.56 Å². The number of hydrogen-bond acceptors (Lipinski definition) is 4. The third-order valence-corrected chi connectivity index (χ3v) is 5.09. The average molecular weight is 363 g/mol. The molecule has 0 saturated carbocycles. The lowest BCUT2D eigenvalue weighted by Crippen LogP contribution is -2.23. The van der Waals surface area contributed by atoms with E-state index in [9.17, 15) is 8.42 Å². The molecule has 2 aromatic carbocycles. The van der Waals surface area contributed by atoms with Crippen LogP contribution in [0.3, 0.4) is 0 Å². The summed E-state index contributed by atoms with van der Waals surface area (Å²) in [4.78, 5) is 4.51. The van der Waals surface area contributed by atoms with Crippen LogP contribution in [-0.4, -0.2) is 13.4 Å². The molecule has 0 amide bonds. The molecule has 0 aliphatic heterocycles. The van der Waals surface area contributed by atoms with Gasteiger partial charge in [0.2, 0.25) is 15.9 Å². The Balaban J connectivity index is 1.77. The zero-order valence-corrected chi connectivity index (χ0v) is 14.4. The first-order valence-electron chi connectivity index (χ1n) is 7.23. The monoisotopic (exact) mass is 362 g/mol.